The Morgan fingerprint density at radius 1 is 1.22 bits per heavy atom. The third-order valence-corrected chi connectivity index (χ3v) is 5.67. The zero-order valence-corrected chi connectivity index (χ0v) is 15.0. The van der Waals surface area contributed by atoms with Crippen molar-refractivity contribution in [3.8, 4) is 0 Å². The normalized spacial score (nSPS) is 23.4. The maximum atomic E-state index is 13.3. The smallest absolute Gasteiger partial charge is 0.233 e. The van der Waals surface area contributed by atoms with Gasteiger partial charge in [0.25, 0.3) is 0 Å². The number of hydrogen-bond acceptors (Lipinski definition) is 2. The molecule has 1 saturated carbocycles. The maximum absolute atomic E-state index is 13.3. The molecule has 23 heavy (non-hydrogen) atoms. The van der Waals surface area contributed by atoms with E-state index in [1.807, 2.05) is 24.3 Å². The molecule has 1 aromatic rings. The fraction of sp³-hybridized carbons (Fsp3) is 0.611. The zero-order chi connectivity index (χ0) is 15.6. The summed E-state index contributed by atoms with van der Waals surface area (Å²) in [4.78, 5) is 15.4. The third-order valence-electron chi connectivity index (χ3n) is 5.42. The fourth-order valence-electron chi connectivity index (χ4n) is 4.06. The van der Waals surface area contributed by atoms with Crippen LogP contribution in [-0.2, 0) is 10.2 Å². The first-order valence-corrected chi connectivity index (χ1v) is 8.79. The van der Waals surface area contributed by atoms with E-state index in [2.05, 4.69) is 4.90 Å². The van der Waals surface area contributed by atoms with Gasteiger partial charge in [-0.05, 0) is 49.4 Å². The number of halogens is 2. The maximum Gasteiger partial charge on any atom is 0.233 e. The molecule has 1 aliphatic heterocycles. The molecule has 1 heterocycles. The molecule has 0 aromatic heterocycles. The average molecular weight is 357 g/mol. The first-order chi connectivity index (χ1) is 10.7. The van der Waals surface area contributed by atoms with Crippen molar-refractivity contribution in [2.45, 2.75) is 43.9 Å². The number of rotatable bonds is 3. The van der Waals surface area contributed by atoms with Crippen LogP contribution >= 0.6 is 24.0 Å². The molecule has 0 spiro atoms. The van der Waals surface area contributed by atoms with Gasteiger partial charge in [-0.1, -0.05) is 43.0 Å². The van der Waals surface area contributed by atoms with E-state index in [-0.39, 0.29) is 17.8 Å². The van der Waals surface area contributed by atoms with Gasteiger partial charge in [-0.15, -0.1) is 12.4 Å². The van der Waals surface area contributed by atoms with Gasteiger partial charge in [0, 0.05) is 18.1 Å². The molecular weight excluding hydrogens is 331 g/mol. The molecule has 1 aromatic carbocycles. The van der Waals surface area contributed by atoms with Gasteiger partial charge in [-0.3, -0.25) is 4.79 Å². The van der Waals surface area contributed by atoms with Crippen molar-refractivity contribution in [1.29, 1.82) is 0 Å². The van der Waals surface area contributed by atoms with Gasteiger partial charge in [-0.25, -0.2) is 0 Å². The standard InChI is InChI=1S/C18H25ClN2O.ClH/c19-16-6-4-15(5-7-16)18(9-2-1-3-10-18)17(22)21-11-8-14(12-20)13-21;/h4-7,14H,1-3,8-13,20H2;1H. The Balaban J connectivity index is 0.00000192. The van der Waals surface area contributed by atoms with E-state index in [9.17, 15) is 4.79 Å². The number of amides is 1. The van der Waals surface area contributed by atoms with E-state index in [1.165, 1.54) is 6.42 Å². The van der Waals surface area contributed by atoms with Crippen LogP contribution in [-0.4, -0.2) is 30.4 Å². The number of hydrogen-bond donors (Lipinski definition) is 1. The van der Waals surface area contributed by atoms with Crippen LogP contribution in [0.1, 0.15) is 44.1 Å². The van der Waals surface area contributed by atoms with Gasteiger partial charge in [0.2, 0.25) is 5.91 Å². The lowest BCUT2D eigenvalue weighted by atomic mass is 9.68. The van der Waals surface area contributed by atoms with E-state index in [1.54, 1.807) is 0 Å². The lowest BCUT2D eigenvalue weighted by molar-refractivity contribution is -0.138. The number of benzene rings is 1. The monoisotopic (exact) mass is 356 g/mol. The molecule has 2 aliphatic rings. The largest absolute Gasteiger partial charge is 0.342 e. The van der Waals surface area contributed by atoms with Crippen molar-refractivity contribution in [2.75, 3.05) is 19.6 Å². The minimum Gasteiger partial charge on any atom is -0.342 e. The molecule has 2 N–H and O–H groups in total. The van der Waals surface area contributed by atoms with Gasteiger partial charge in [0.1, 0.15) is 0 Å². The summed E-state index contributed by atoms with van der Waals surface area (Å²) >= 11 is 6.03. The summed E-state index contributed by atoms with van der Waals surface area (Å²) in [5.41, 5.74) is 6.58. The van der Waals surface area contributed by atoms with Crippen molar-refractivity contribution in [3.63, 3.8) is 0 Å². The predicted molar refractivity (Wildman–Crippen MR) is 97.2 cm³/mol. The van der Waals surface area contributed by atoms with E-state index in [0.29, 0.717) is 18.4 Å². The molecule has 1 saturated heterocycles. The number of nitrogens with two attached hydrogens (primary N) is 1. The molecule has 0 radical (unpaired) electrons. The second kappa shape index (κ2) is 7.87. The summed E-state index contributed by atoms with van der Waals surface area (Å²) < 4.78 is 0. The van der Waals surface area contributed by atoms with Crippen LogP contribution in [0.4, 0.5) is 0 Å². The van der Waals surface area contributed by atoms with Crippen LogP contribution in [0.25, 0.3) is 0 Å². The van der Waals surface area contributed by atoms with Gasteiger partial charge >= 0.3 is 0 Å². The Morgan fingerprint density at radius 3 is 2.43 bits per heavy atom. The number of likely N-dealkylation sites (tertiary alicyclic amines) is 1. The van der Waals surface area contributed by atoms with Crippen molar-refractivity contribution in [3.05, 3.63) is 34.9 Å². The first kappa shape index (κ1) is 18.6. The Bertz CT molecular complexity index is 526. The van der Waals surface area contributed by atoms with E-state index >= 15 is 0 Å². The summed E-state index contributed by atoms with van der Waals surface area (Å²) in [5.74, 6) is 0.778. The van der Waals surface area contributed by atoms with Crippen molar-refractivity contribution >= 4 is 29.9 Å². The zero-order valence-electron chi connectivity index (χ0n) is 13.5. The van der Waals surface area contributed by atoms with E-state index in [4.69, 9.17) is 17.3 Å². The van der Waals surface area contributed by atoms with Gasteiger partial charge in [0.05, 0.1) is 5.41 Å². The Morgan fingerprint density at radius 2 is 1.87 bits per heavy atom. The van der Waals surface area contributed by atoms with Crippen LogP contribution in [0.5, 0.6) is 0 Å². The van der Waals surface area contributed by atoms with Gasteiger partial charge in [-0.2, -0.15) is 0 Å². The molecule has 1 aliphatic carbocycles. The van der Waals surface area contributed by atoms with Gasteiger partial charge < -0.3 is 10.6 Å². The van der Waals surface area contributed by atoms with Crippen molar-refractivity contribution in [2.24, 2.45) is 11.7 Å². The molecule has 5 heteroatoms. The molecule has 3 rings (SSSR count). The first-order valence-electron chi connectivity index (χ1n) is 8.41. The minimum atomic E-state index is -0.341. The lowest BCUT2D eigenvalue weighted by Crippen LogP contribution is -2.47. The quantitative estimate of drug-likeness (QED) is 0.895. The highest BCUT2D eigenvalue weighted by Crippen LogP contribution is 2.42. The molecule has 1 amide bonds. The summed E-state index contributed by atoms with van der Waals surface area (Å²) in [6, 6.07) is 7.91. The van der Waals surface area contributed by atoms with Crippen LogP contribution in [0.15, 0.2) is 24.3 Å². The van der Waals surface area contributed by atoms with Gasteiger partial charge in [0.15, 0.2) is 0 Å². The number of carbonyl (C=O) groups is 1. The van der Waals surface area contributed by atoms with Crippen LogP contribution in [0.3, 0.4) is 0 Å². The third kappa shape index (κ3) is 3.67. The van der Waals surface area contributed by atoms with Crippen LogP contribution in [0, 0.1) is 5.92 Å². The summed E-state index contributed by atoms with van der Waals surface area (Å²) in [6.45, 7) is 2.36. The lowest BCUT2D eigenvalue weighted by Gasteiger charge is -2.39. The fourth-order valence-corrected chi connectivity index (χ4v) is 4.19. The molecule has 1 unspecified atom stereocenters. The number of carbonyl (C=O) groups excluding carboxylic acids is 1. The SMILES string of the molecule is Cl.NCC1CCN(C(=O)C2(c3ccc(Cl)cc3)CCCCC2)C1. The predicted octanol–water partition coefficient (Wildman–Crippen LogP) is 3.77. The summed E-state index contributed by atoms with van der Waals surface area (Å²) in [7, 11) is 0. The molecule has 0 bridgehead atoms. The van der Waals surface area contributed by atoms with Crippen LogP contribution in [0.2, 0.25) is 5.02 Å². The Hall–Kier alpha value is -0.770. The molecule has 3 nitrogen and oxygen atoms in total. The highest BCUT2D eigenvalue weighted by atomic mass is 35.5. The summed E-state index contributed by atoms with van der Waals surface area (Å²) in [5, 5.41) is 0.728. The molecule has 2 fully saturated rings. The van der Waals surface area contributed by atoms with Crippen molar-refractivity contribution < 1.29 is 4.79 Å². The van der Waals surface area contributed by atoms with Crippen LogP contribution < -0.4 is 5.73 Å². The number of nitrogens with zero attached hydrogens (tertiary/aromatic N) is 1. The molecular formula is C18H26Cl2N2O. The molecule has 1 atom stereocenters. The second-order valence-electron chi connectivity index (χ2n) is 6.79. The van der Waals surface area contributed by atoms with E-state index < -0.39 is 0 Å². The summed E-state index contributed by atoms with van der Waals surface area (Å²) in [6.07, 6.45) is 6.44. The minimum absolute atomic E-state index is 0. The highest BCUT2D eigenvalue weighted by molar-refractivity contribution is 6.30. The Labute approximate surface area is 150 Å². The highest BCUT2D eigenvalue weighted by Gasteiger charge is 2.44. The molecule has 128 valence electrons. The van der Waals surface area contributed by atoms with E-state index in [0.717, 1.165) is 55.8 Å². The average Bonchev–Trinajstić information content (AvgIpc) is 3.04. The second-order valence-corrected chi connectivity index (χ2v) is 7.23. The van der Waals surface area contributed by atoms with Crippen molar-refractivity contribution in [1.82, 2.24) is 4.90 Å². The topological polar surface area (TPSA) is 46.3 Å². The Kier molecular flexibility index (Phi) is 6.35.